The molecule has 3 aromatic rings. The normalized spacial score (nSPS) is 14.6. The van der Waals surface area contributed by atoms with E-state index in [4.69, 9.17) is 4.74 Å². The molecule has 0 aromatic carbocycles. The lowest BCUT2D eigenvalue weighted by Gasteiger charge is -2.27. The van der Waals surface area contributed by atoms with E-state index in [2.05, 4.69) is 26.3 Å². The van der Waals surface area contributed by atoms with Crippen LogP contribution in [0.25, 0.3) is 0 Å². The summed E-state index contributed by atoms with van der Waals surface area (Å²) in [5, 5.41) is 13.1. The van der Waals surface area contributed by atoms with Gasteiger partial charge in [0.05, 0.1) is 12.1 Å². The lowest BCUT2D eigenvalue weighted by Crippen LogP contribution is -2.36. The smallest absolute Gasteiger partial charge is 0.410 e. The Morgan fingerprint density at radius 3 is 2.88 bits per heavy atom. The van der Waals surface area contributed by atoms with Crippen LogP contribution in [0.15, 0.2) is 36.8 Å². The van der Waals surface area contributed by atoms with E-state index in [0.717, 1.165) is 16.1 Å². The second-order valence-corrected chi connectivity index (χ2v) is 9.00. The van der Waals surface area contributed by atoms with Crippen LogP contribution in [0.5, 0.6) is 0 Å². The van der Waals surface area contributed by atoms with Crippen LogP contribution in [-0.2, 0) is 22.5 Å². The monoisotopic (exact) mass is 464 g/mol. The van der Waals surface area contributed by atoms with Crippen LogP contribution in [0.1, 0.15) is 59.8 Å². The van der Waals surface area contributed by atoms with Crippen LogP contribution in [0.4, 0.5) is 9.80 Å². The van der Waals surface area contributed by atoms with Crippen LogP contribution in [0, 0.1) is 11.3 Å². The van der Waals surface area contributed by atoms with Crippen molar-refractivity contribution in [1.29, 1.82) is 5.26 Å². The fourth-order valence-corrected chi connectivity index (χ4v) is 5.00. The Morgan fingerprint density at radius 1 is 1.33 bits per heavy atom. The van der Waals surface area contributed by atoms with Crippen molar-refractivity contribution in [2.75, 3.05) is 11.9 Å². The number of carbonyl (C=O) groups is 2. The first kappa shape index (κ1) is 22.5. The van der Waals surface area contributed by atoms with E-state index >= 15 is 0 Å². The van der Waals surface area contributed by atoms with Crippen molar-refractivity contribution in [3.8, 4) is 6.07 Å². The Labute approximate surface area is 195 Å². The van der Waals surface area contributed by atoms with Gasteiger partial charge < -0.3 is 19.9 Å². The molecule has 1 aliphatic rings. The molecule has 0 aliphatic carbocycles. The first-order valence-electron chi connectivity index (χ1n) is 10.7. The molecule has 4 heterocycles. The van der Waals surface area contributed by atoms with Crippen molar-refractivity contribution < 1.29 is 14.3 Å². The highest BCUT2D eigenvalue weighted by molar-refractivity contribution is 7.16. The van der Waals surface area contributed by atoms with Gasteiger partial charge in [-0.05, 0) is 31.0 Å². The number of aromatic amines is 1. The van der Waals surface area contributed by atoms with E-state index in [1.165, 1.54) is 11.3 Å². The molecular weight excluding hydrogens is 440 g/mol. The van der Waals surface area contributed by atoms with Crippen molar-refractivity contribution in [2.24, 2.45) is 0 Å². The van der Waals surface area contributed by atoms with Gasteiger partial charge >= 0.3 is 6.09 Å². The van der Waals surface area contributed by atoms with Crippen molar-refractivity contribution in [1.82, 2.24) is 19.9 Å². The number of rotatable bonds is 6. The fraction of sp³-hybridized carbons (Fsp3) is 0.348. The second kappa shape index (κ2) is 9.83. The number of hydrogen-bond donors (Lipinski definition) is 2. The first-order valence-corrected chi connectivity index (χ1v) is 11.5. The van der Waals surface area contributed by atoms with Gasteiger partial charge in [-0.1, -0.05) is 13.0 Å². The van der Waals surface area contributed by atoms with E-state index in [9.17, 15) is 14.9 Å². The van der Waals surface area contributed by atoms with Crippen molar-refractivity contribution in [3.63, 3.8) is 0 Å². The van der Waals surface area contributed by atoms with Crippen molar-refractivity contribution in [2.45, 2.75) is 45.3 Å². The van der Waals surface area contributed by atoms with Crippen molar-refractivity contribution >= 4 is 28.3 Å². The summed E-state index contributed by atoms with van der Waals surface area (Å²) in [5.41, 5.74) is 2.21. The van der Waals surface area contributed by atoms with E-state index < -0.39 is 12.2 Å². The number of aromatic nitrogens is 3. The molecule has 2 unspecified atom stereocenters. The first-order chi connectivity index (χ1) is 16.0. The minimum absolute atomic E-state index is 0.0484. The number of fused-ring (bicyclic) bond motifs is 1. The van der Waals surface area contributed by atoms with Crippen LogP contribution >= 0.6 is 11.3 Å². The summed E-state index contributed by atoms with van der Waals surface area (Å²) in [4.78, 5) is 39.1. The van der Waals surface area contributed by atoms with Crippen LogP contribution in [0.3, 0.4) is 0 Å². The predicted molar refractivity (Wildman–Crippen MR) is 123 cm³/mol. The Hall–Kier alpha value is -3.71. The number of amides is 2. The highest BCUT2D eigenvalue weighted by atomic mass is 32.1. The summed E-state index contributed by atoms with van der Waals surface area (Å²) in [6.07, 6.45) is 4.84. The van der Waals surface area contributed by atoms with Crippen molar-refractivity contribution in [3.05, 3.63) is 64.3 Å². The third-order valence-electron chi connectivity index (χ3n) is 5.55. The average molecular weight is 465 g/mol. The summed E-state index contributed by atoms with van der Waals surface area (Å²) in [6.45, 7) is 4.47. The minimum atomic E-state index is -0.497. The van der Waals surface area contributed by atoms with E-state index in [1.54, 1.807) is 30.4 Å². The quantitative estimate of drug-likeness (QED) is 0.565. The van der Waals surface area contributed by atoms with Gasteiger partial charge in [0.2, 0.25) is 5.91 Å². The summed E-state index contributed by atoms with van der Waals surface area (Å²) in [5.74, 6) is 0.355. The maximum absolute atomic E-state index is 12.6. The lowest BCUT2D eigenvalue weighted by molar-refractivity contribution is -0.116. The molecule has 4 rings (SSSR count). The highest BCUT2D eigenvalue weighted by Crippen LogP contribution is 2.37. The van der Waals surface area contributed by atoms with Gasteiger partial charge in [0.15, 0.2) is 6.10 Å². The van der Waals surface area contributed by atoms with E-state index in [-0.39, 0.29) is 18.2 Å². The maximum Gasteiger partial charge on any atom is 0.410 e. The highest BCUT2D eigenvalue weighted by Gasteiger charge is 2.29. The molecule has 1 aliphatic heterocycles. The van der Waals surface area contributed by atoms with Gasteiger partial charge in [0.1, 0.15) is 16.9 Å². The minimum Gasteiger partial charge on any atom is -0.438 e. The molecule has 0 radical (unpaired) electrons. The second-order valence-electron chi connectivity index (χ2n) is 7.90. The molecule has 170 valence electrons. The van der Waals surface area contributed by atoms with Gasteiger partial charge in [-0.2, -0.15) is 5.26 Å². The molecule has 9 nitrogen and oxygen atoms in total. The Morgan fingerprint density at radius 2 is 2.18 bits per heavy atom. The summed E-state index contributed by atoms with van der Waals surface area (Å²) >= 11 is 1.34. The largest absolute Gasteiger partial charge is 0.438 e. The molecule has 2 N–H and O–H groups in total. The number of nitriles is 1. The molecule has 0 bridgehead atoms. The zero-order valence-corrected chi connectivity index (χ0v) is 19.2. The average Bonchev–Trinajstić information content (AvgIpc) is 3.46. The van der Waals surface area contributed by atoms with E-state index in [0.29, 0.717) is 35.9 Å². The molecule has 33 heavy (non-hydrogen) atoms. The molecule has 2 atom stereocenters. The number of pyridine rings is 1. The molecular formula is C23H24N6O3S. The number of imidazole rings is 1. The number of ether oxygens (including phenoxy) is 1. The van der Waals surface area contributed by atoms with Crippen LogP contribution in [0.2, 0.25) is 0 Å². The molecule has 0 spiro atoms. The number of thiophene rings is 1. The Kier molecular flexibility index (Phi) is 6.70. The number of H-pyrrole nitrogens is 1. The fourth-order valence-electron chi connectivity index (χ4n) is 3.77. The standard InChI is InChI=1S/C23H24N6O3S/c1-14(18-5-3-4-7-25-18)11-20(30)28-22-17(12-24)16-6-10-29(13-19(16)33-22)23(31)32-15(2)21-26-8-9-27-21/h3-5,7-9,14-15H,6,10-11,13H2,1-2H3,(H,26,27)(H,28,30). The third kappa shape index (κ3) is 5.04. The maximum atomic E-state index is 12.6. The SMILES string of the molecule is CC(CC(=O)Nc1sc2c(c1C#N)CCN(C(=O)OC(C)c1ncc[nH]1)C2)c1ccccn1. The molecule has 2 amide bonds. The zero-order chi connectivity index (χ0) is 23.4. The molecule has 3 aromatic heterocycles. The van der Waals surface area contributed by atoms with Crippen LogP contribution < -0.4 is 5.32 Å². The summed E-state index contributed by atoms with van der Waals surface area (Å²) < 4.78 is 5.52. The van der Waals surface area contributed by atoms with Gasteiger partial charge in [0.25, 0.3) is 0 Å². The third-order valence-corrected chi connectivity index (χ3v) is 6.68. The van der Waals surface area contributed by atoms with E-state index in [1.807, 2.05) is 25.1 Å². The van der Waals surface area contributed by atoms with Gasteiger partial charge in [-0.25, -0.2) is 9.78 Å². The molecule has 0 saturated heterocycles. The van der Waals surface area contributed by atoms with Crippen LogP contribution in [-0.4, -0.2) is 38.4 Å². The Bertz CT molecular complexity index is 1170. The molecule has 10 heteroatoms. The number of anilines is 1. The lowest BCUT2D eigenvalue weighted by atomic mass is 10.0. The zero-order valence-electron chi connectivity index (χ0n) is 18.4. The molecule has 0 saturated carbocycles. The number of hydrogen-bond acceptors (Lipinski definition) is 7. The summed E-state index contributed by atoms with van der Waals surface area (Å²) in [6, 6.07) is 7.85. The number of nitrogens with one attached hydrogen (secondary N) is 2. The Balaban J connectivity index is 1.41. The van der Waals surface area contributed by atoms with Gasteiger partial charge in [0, 0.05) is 48.0 Å². The summed E-state index contributed by atoms with van der Waals surface area (Å²) in [7, 11) is 0. The van der Waals surface area contributed by atoms with Gasteiger partial charge in [-0.3, -0.25) is 9.78 Å². The molecule has 0 fully saturated rings. The number of carbonyl (C=O) groups excluding carboxylic acids is 2. The predicted octanol–water partition coefficient (Wildman–Crippen LogP) is 4.13. The topological polar surface area (TPSA) is 124 Å². The van der Waals surface area contributed by atoms with Gasteiger partial charge in [-0.15, -0.1) is 11.3 Å². The number of nitrogens with zero attached hydrogens (tertiary/aromatic N) is 4.